The van der Waals surface area contributed by atoms with E-state index >= 15 is 0 Å². The van der Waals surface area contributed by atoms with Crippen molar-refractivity contribution >= 4 is 35.1 Å². The first-order valence-electron chi connectivity index (χ1n) is 19.8. The Balaban J connectivity index is 1.01. The Morgan fingerprint density at radius 1 is 0.793 bits per heavy atom. The third kappa shape index (κ3) is 8.55. The van der Waals surface area contributed by atoms with Gasteiger partial charge in [0.25, 0.3) is 0 Å². The van der Waals surface area contributed by atoms with Gasteiger partial charge in [-0.2, -0.15) is 0 Å². The molecule has 7 rings (SSSR count). The second-order valence-electron chi connectivity index (χ2n) is 16.2. The molecule has 4 N–H and O–H groups in total. The zero-order valence-corrected chi connectivity index (χ0v) is 33.9. The van der Waals surface area contributed by atoms with Gasteiger partial charge in [-0.3, -0.25) is 9.59 Å². The minimum atomic E-state index is -0.747. The molecule has 0 aliphatic carbocycles. The predicted octanol–water partition coefficient (Wildman–Crippen LogP) is 6.90. The van der Waals surface area contributed by atoms with Crippen LogP contribution in [0.25, 0.3) is 45.1 Å². The van der Waals surface area contributed by atoms with E-state index in [0.717, 1.165) is 53.8 Å². The van der Waals surface area contributed by atoms with Gasteiger partial charge in [-0.1, -0.05) is 26.0 Å². The molecule has 4 atom stereocenters. The molecule has 306 valence electrons. The van der Waals surface area contributed by atoms with Crippen LogP contribution >= 0.6 is 0 Å². The molecule has 0 spiro atoms. The highest BCUT2D eigenvalue weighted by molar-refractivity contribution is 5.87. The van der Waals surface area contributed by atoms with Gasteiger partial charge < -0.3 is 44.3 Å². The highest BCUT2D eigenvalue weighted by Gasteiger charge is 2.38. The predicted molar refractivity (Wildman–Crippen MR) is 215 cm³/mol. The van der Waals surface area contributed by atoms with Gasteiger partial charge in [-0.05, 0) is 95.2 Å². The van der Waals surface area contributed by atoms with Crippen LogP contribution < -0.4 is 10.6 Å². The molecule has 3 aromatic heterocycles. The topological polar surface area (TPSA) is 201 Å². The Labute approximate surface area is 336 Å². The number of hydrogen-bond donors (Lipinski definition) is 4. The normalized spacial score (nSPS) is 18.1. The highest BCUT2D eigenvalue weighted by Crippen LogP contribution is 2.35. The Morgan fingerprint density at radius 2 is 1.36 bits per heavy atom. The summed E-state index contributed by atoms with van der Waals surface area (Å²) >= 11 is 0. The summed E-state index contributed by atoms with van der Waals surface area (Å²) in [4.78, 5) is 75.7. The van der Waals surface area contributed by atoms with Gasteiger partial charge in [0, 0.05) is 24.2 Å². The molecule has 0 radical (unpaired) electrons. The molecule has 2 aliphatic heterocycles. The number of oxazole rings is 1. The SMILES string of the molecule is COC(=O)NC(C(=O)N1CCCC1c1ncc(-c2ccc3oc(-c4ccc(-c5cnc(C6CCCN6C(=O)C(C)NC(=O)OC(C)(C)C)[nH]5)cc4)nc3c2)[nH]1)C(C)C. The molecular formula is C42H51N9O7. The molecule has 4 unspecified atom stereocenters. The van der Waals surface area contributed by atoms with Crippen molar-refractivity contribution in [3.8, 4) is 34.0 Å². The zero-order valence-electron chi connectivity index (χ0n) is 33.9. The van der Waals surface area contributed by atoms with Crippen LogP contribution in [0.3, 0.4) is 0 Å². The molecule has 58 heavy (non-hydrogen) atoms. The summed E-state index contributed by atoms with van der Waals surface area (Å²) in [5.74, 6) is 1.38. The van der Waals surface area contributed by atoms with Crippen LogP contribution in [0.1, 0.15) is 91.0 Å². The molecule has 5 heterocycles. The fourth-order valence-corrected chi connectivity index (χ4v) is 7.62. The molecule has 2 fully saturated rings. The van der Waals surface area contributed by atoms with E-state index in [1.165, 1.54) is 7.11 Å². The van der Waals surface area contributed by atoms with E-state index in [1.54, 1.807) is 49.9 Å². The van der Waals surface area contributed by atoms with Crippen LogP contribution in [-0.4, -0.2) is 96.6 Å². The summed E-state index contributed by atoms with van der Waals surface area (Å²) in [7, 11) is 1.28. The number of hydrogen-bond acceptors (Lipinski definition) is 10. The maximum absolute atomic E-state index is 13.6. The number of fused-ring (bicyclic) bond motifs is 1. The fraction of sp³-hybridized carbons (Fsp3) is 0.452. The largest absolute Gasteiger partial charge is 0.453 e. The molecule has 0 saturated carbocycles. The Kier molecular flexibility index (Phi) is 11.3. The maximum atomic E-state index is 13.6. The smallest absolute Gasteiger partial charge is 0.408 e. The Hall–Kier alpha value is -6.19. The molecule has 0 bridgehead atoms. The van der Waals surface area contributed by atoms with Crippen molar-refractivity contribution in [1.82, 2.24) is 45.4 Å². The summed E-state index contributed by atoms with van der Waals surface area (Å²) in [6, 6.07) is 11.6. The monoisotopic (exact) mass is 793 g/mol. The number of rotatable bonds is 10. The first-order chi connectivity index (χ1) is 27.7. The summed E-state index contributed by atoms with van der Waals surface area (Å²) in [6.45, 7) is 11.9. The number of nitrogens with one attached hydrogen (secondary N) is 4. The number of imidazole rings is 2. The number of H-pyrrole nitrogens is 2. The number of benzene rings is 2. The van der Waals surface area contributed by atoms with Crippen LogP contribution in [0.5, 0.6) is 0 Å². The lowest BCUT2D eigenvalue weighted by Crippen LogP contribution is -2.51. The maximum Gasteiger partial charge on any atom is 0.408 e. The second-order valence-corrected chi connectivity index (χ2v) is 16.2. The average Bonchev–Trinajstić information content (AvgIpc) is 4.04. The van der Waals surface area contributed by atoms with E-state index in [4.69, 9.17) is 18.9 Å². The van der Waals surface area contributed by atoms with E-state index in [-0.39, 0.29) is 29.8 Å². The van der Waals surface area contributed by atoms with Gasteiger partial charge in [-0.25, -0.2) is 24.5 Å². The van der Waals surface area contributed by atoms with Crippen LogP contribution in [0.15, 0.2) is 59.3 Å². The number of amides is 4. The van der Waals surface area contributed by atoms with Crippen LogP contribution in [0.4, 0.5) is 9.59 Å². The quantitative estimate of drug-likeness (QED) is 0.115. The number of aromatic amines is 2. The molecule has 2 aliphatic rings. The average molecular weight is 794 g/mol. The summed E-state index contributed by atoms with van der Waals surface area (Å²) in [5.41, 5.74) is 4.84. The van der Waals surface area contributed by atoms with Crippen LogP contribution in [0.2, 0.25) is 0 Å². The van der Waals surface area contributed by atoms with E-state index in [0.29, 0.717) is 41.7 Å². The molecule has 4 amide bonds. The fourth-order valence-electron chi connectivity index (χ4n) is 7.62. The minimum absolute atomic E-state index is 0.123. The lowest BCUT2D eigenvalue weighted by atomic mass is 10.0. The van der Waals surface area contributed by atoms with Gasteiger partial charge in [0.05, 0.1) is 43.0 Å². The number of nitrogens with zero attached hydrogens (tertiary/aromatic N) is 5. The number of methoxy groups -OCH3 is 1. The van der Waals surface area contributed by atoms with Crippen LogP contribution in [0, 0.1) is 5.92 Å². The molecule has 5 aromatic rings. The lowest BCUT2D eigenvalue weighted by Gasteiger charge is -2.30. The minimum Gasteiger partial charge on any atom is -0.453 e. The van der Waals surface area contributed by atoms with Crippen LogP contribution in [-0.2, 0) is 19.1 Å². The van der Waals surface area contributed by atoms with E-state index in [9.17, 15) is 19.2 Å². The standard InChI is InChI=1S/C42H51N9O7/c1-23(2)34(49-40(54)56-7)39(53)51-19-9-11-32(51)36-44-22-30(47-36)27-16-17-33-28(20-27)48-37(57-33)26-14-12-25(13-15-26)29-21-43-35(46-29)31-10-8-18-50(31)38(52)24(3)45-41(55)58-42(4,5)6/h12-17,20-24,31-32,34H,8-11,18-19H2,1-7H3,(H,43,46)(H,44,47)(H,45,55)(H,49,54). The molecule has 2 saturated heterocycles. The van der Waals surface area contributed by atoms with Gasteiger partial charge in [0.1, 0.15) is 34.9 Å². The van der Waals surface area contributed by atoms with Gasteiger partial charge in [0.15, 0.2) is 5.58 Å². The number of carbonyl (C=O) groups excluding carboxylic acids is 4. The second kappa shape index (κ2) is 16.3. The highest BCUT2D eigenvalue weighted by atomic mass is 16.6. The van der Waals surface area contributed by atoms with Gasteiger partial charge >= 0.3 is 12.2 Å². The summed E-state index contributed by atoms with van der Waals surface area (Å²) < 4.78 is 16.2. The number of aromatic nitrogens is 5. The Bertz CT molecular complexity index is 2290. The number of ether oxygens (including phenoxy) is 2. The summed E-state index contributed by atoms with van der Waals surface area (Å²) in [6.07, 6.45) is 5.43. The van der Waals surface area contributed by atoms with Gasteiger partial charge in [-0.15, -0.1) is 0 Å². The first kappa shape index (κ1) is 40.0. The number of carbonyl (C=O) groups is 4. The molecule has 16 heteroatoms. The van der Waals surface area contributed by atoms with E-state index < -0.39 is 29.9 Å². The Morgan fingerprint density at radius 3 is 1.95 bits per heavy atom. The van der Waals surface area contributed by atoms with Crippen molar-refractivity contribution in [3.63, 3.8) is 0 Å². The molecular weight excluding hydrogens is 743 g/mol. The molecule has 16 nitrogen and oxygen atoms in total. The third-order valence-electron chi connectivity index (χ3n) is 10.5. The van der Waals surface area contributed by atoms with Crippen molar-refractivity contribution < 1.29 is 33.1 Å². The molecule has 2 aromatic carbocycles. The van der Waals surface area contributed by atoms with Gasteiger partial charge in [0.2, 0.25) is 17.7 Å². The number of alkyl carbamates (subject to hydrolysis) is 2. The van der Waals surface area contributed by atoms with Crippen molar-refractivity contribution in [2.45, 2.75) is 97.0 Å². The summed E-state index contributed by atoms with van der Waals surface area (Å²) in [5, 5.41) is 5.34. The third-order valence-corrected chi connectivity index (χ3v) is 10.5. The van der Waals surface area contributed by atoms with Crippen molar-refractivity contribution in [1.29, 1.82) is 0 Å². The van der Waals surface area contributed by atoms with Crippen molar-refractivity contribution in [2.75, 3.05) is 20.2 Å². The van der Waals surface area contributed by atoms with E-state index in [2.05, 4.69) is 30.6 Å². The van der Waals surface area contributed by atoms with Crippen molar-refractivity contribution in [3.05, 3.63) is 66.5 Å². The zero-order chi connectivity index (χ0) is 41.3. The number of likely N-dealkylation sites (tertiary alicyclic amines) is 2. The van der Waals surface area contributed by atoms with Crippen molar-refractivity contribution in [2.24, 2.45) is 5.92 Å². The lowest BCUT2D eigenvalue weighted by molar-refractivity contribution is -0.135. The first-order valence-corrected chi connectivity index (χ1v) is 19.8. The van der Waals surface area contributed by atoms with E-state index in [1.807, 2.05) is 56.3 Å².